The molecule has 0 radical (unpaired) electrons. The summed E-state index contributed by atoms with van der Waals surface area (Å²) in [7, 11) is 0. The van der Waals surface area contributed by atoms with E-state index >= 15 is 0 Å². The molecule has 2 aliphatic heterocycles. The molecule has 0 spiro atoms. The number of aromatic nitrogens is 1. The fourth-order valence-corrected chi connectivity index (χ4v) is 3.31. The number of hydrogen-bond donors (Lipinski definition) is 0. The standard InChI is InChI=1S/C16H18N4O2/c17-5-12-3-4-15(18-6-12)19-8-13-14(9-19)22-10-16(21)20(13)7-11-1-2-11/h3-4,6,11,13-14H,1-2,7-10H2/t13-,14+/m1/s1. The summed E-state index contributed by atoms with van der Waals surface area (Å²) < 4.78 is 5.73. The van der Waals surface area contributed by atoms with Gasteiger partial charge < -0.3 is 14.5 Å². The summed E-state index contributed by atoms with van der Waals surface area (Å²) in [6.45, 7) is 2.57. The fourth-order valence-electron chi connectivity index (χ4n) is 3.31. The minimum absolute atomic E-state index is 0.0638. The Hall–Kier alpha value is -2.13. The van der Waals surface area contributed by atoms with Crippen molar-refractivity contribution in [3.63, 3.8) is 0 Å². The first-order valence-electron chi connectivity index (χ1n) is 7.77. The van der Waals surface area contributed by atoms with Crippen molar-refractivity contribution in [2.24, 2.45) is 5.92 Å². The summed E-state index contributed by atoms with van der Waals surface area (Å²) in [4.78, 5) is 20.7. The van der Waals surface area contributed by atoms with E-state index in [9.17, 15) is 4.79 Å². The number of ether oxygens (including phenoxy) is 1. The fraction of sp³-hybridized carbons (Fsp3) is 0.562. The van der Waals surface area contributed by atoms with E-state index in [-0.39, 0.29) is 24.7 Å². The lowest BCUT2D eigenvalue weighted by Gasteiger charge is -2.36. The number of pyridine rings is 1. The molecular formula is C16H18N4O2. The monoisotopic (exact) mass is 298 g/mol. The largest absolute Gasteiger partial charge is 0.364 e. The van der Waals surface area contributed by atoms with E-state index in [1.54, 1.807) is 12.3 Å². The minimum Gasteiger partial charge on any atom is -0.364 e. The van der Waals surface area contributed by atoms with Gasteiger partial charge in [-0.15, -0.1) is 0 Å². The van der Waals surface area contributed by atoms with Crippen molar-refractivity contribution in [3.05, 3.63) is 23.9 Å². The maximum atomic E-state index is 12.2. The van der Waals surface area contributed by atoms with Crippen LogP contribution in [0.2, 0.25) is 0 Å². The molecule has 4 rings (SSSR count). The first-order valence-corrected chi connectivity index (χ1v) is 7.77. The number of morpholine rings is 1. The van der Waals surface area contributed by atoms with Gasteiger partial charge in [0.25, 0.3) is 0 Å². The highest BCUT2D eigenvalue weighted by Gasteiger charge is 2.44. The van der Waals surface area contributed by atoms with Crippen LogP contribution in [0.3, 0.4) is 0 Å². The first-order chi connectivity index (χ1) is 10.7. The molecule has 0 aromatic carbocycles. The SMILES string of the molecule is N#Cc1ccc(N2C[C@@H]3OCC(=O)N(CC4CC4)[C@@H]3C2)nc1. The molecule has 3 fully saturated rings. The molecule has 3 heterocycles. The van der Waals surface area contributed by atoms with E-state index in [1.165, 1.54) is 12.8 Å². The van der Waals surface area contributed by atoms with Gasteiger partial charge in [0.1, 0.15) is 18.5 Å². The number of rotatable bonds is 3. The average molecular weight is 298 g/mol. The van der Waals surface area contributed by atoms with Gasteiger partial charge in [-0.05, 0) is 30.9 Å². The predicted octanol–water partition coefficient (Wildman–Crippen LogP) is 0.779. The zero-order valence-corrected chi connectivity index (χ0v) is 12.3. The van der Waals surface area contributed by atoms with E-state index in [1.807, 2.05) is 11.0 Å². The molecule has 1 amide bonds. The second kappa shape index (κ2) is 5.25. The van der Waals surface area contributed by atoms with Crippen molar-refractivity contribution in [1.82, 2.24) is 9.88 Å². The van der Waals surface area contributed by atoms with E-state index in [2.05, 4.69) is 16.0 Å². The molecule has 6 nitrogen and oxygen atoms in total. The molecule has 2 saturated heterocycles. The molecule has 1 saturated carbocycles. The Morgan fingerprint density at radius 3 is 2.91 bits per heavy atom. The van der Waals surface area contributed by atoms with Crippen molar-refractivity contribution in [3.8, 4) is 6.07 Å². The van der Waals surface area contributed by atoms with Crippen LogP contribution in [0.1, 0.15) is 18.4 Å². The number of carbonyl (C=O) groups excluding carboxylic acids is 1. The van der Waals surface area contributed by atoms with E-state index in [0.29, 0.717) is 11.5 Å². The molecular weight excluding hydrogens is 280 g/mol. The van der Waals surface area contributed by atoms with Crippen LogP contribution in [0.15, 0.2) is 18.3 Å². The average Bonchev–Trinajstić information content (AvgIpc) is 3.26. The Morgan fingerprint density at radius 2 is 2.23 bits per heavy atom. The lowest BCUT2D eigenvalue weighted by molar-refractivity contribution is -0.153. The second-order valence-corrected chi connectivity index (χ2v) is 6.33. The van der Waals surface area contributed by atoms with E-state index in [4.69, 9.17) is 10.00 Å². The highest BCUT2D eigenvalue weighted by atomic mass is 16.5. The molecule has 1 aromatic heterocycles. The van der Waals surface area contributed by atoms with Crippen LogP contribution in [0.5, 0.6) is 0 Å². The van der Waals surface area contributed by atoms with Crippen LogP contribution >= 0.6 is 0 Å². The van der Waals surface area contributed by atoms with Crippen LogP contribution in [0, 0.1) is 17.2 Å². The molecule has 114 valence electrons. The zero-order chi connectivity index (χ0) is 15.1. The highest BCUT2D eigenvalue weighted by Crippen LogP contribution is 2.33. The topological polar surface area (TPSA) is 69.5 Å². The van der Waals surface area contributed by atoms with Gasteiger partial charge in [0.15, 0.2) is 0 Å². The Kier molecular flexibility index (Phi) is 3.23. The summed E-state index contributed by atoms with van der Waals surface area (Å²) in [5.41, 5.74) is 0.558. The van der Waals surface area contributed by atoms with Crippen molar-refractivity contribution in [1.29, 1.82) is 5.26 Å². The number of hydrogen-bond acceptors (Lipinski definition) is 5. The number of nitriles is 1. The van der Waals surface area contributed by atoms with Gasteiger partial charge in [-0.2, -0.15) is 5.26 Å². The number of nitrogens with zero attached hydrogens (tertiary/aromatic N) is 4. The predicted molar refractivity (Wildman–Crippen MR) is 79.1 cm³/mol. The smallest absolute Gasteiger partial charge is 0.248 e. The maximum absolute atomic E-state index is 12.2. The number of amides is 1. The van der Waals surface area contributed by atoms with E-state index in [0.717, 1.165) is 25.5 Å². The molecule has 0 unspecified atom stereocenters. The van der Waals surface area contributed by atoms with Crippen LogP contribution in [-0.4, -0.2) is 54.2 Å². The molecule has 3 aliphatic rings. The van der Waals surface area contributed by atoms with Crippen LogP contribution in [-0.2, 0) is 9.53 Å². The van der Waals surface area contributed by atoms with Gasteiger partial charge >= 0.3 is 0 Å². The zero-order valence-electron chi connectivity index (χ0n) is 12.3. The molecule has 22 heavy (non-hydrogen) atoms. The van der Waals surface area contributed by atoms with Crippen LogP contribution in [0.4, 0.5) is 5.82 Å². The molecule has 2 atom stereocenters. The minimum atomic E-state index is 0.0638. The van der Waals surface area contributed by atoms with Gasteiger partial charge in [-0.25, -0.2) is 4.98 Å². The summed E-state index contributed by atoms with van der Waals surface area (Å²) in [6, 6.07) is 5.84. The quantitative estimate of drug-likeness (QED) is 0.825. The molecule has 1 aromatic rings. The molecule has 6 heteroatoms. The number of anilines is 1. The summed E-state index contributed by atoms with van der Waals surface area (Å²) in [5.74, 6) is 1.64. The third-order valence-corrected chi connectivity index (χ3v) is 4.73. The Balaban J connectivity index is 1.51. The van der Waals surface area contributed by atoms with Crippen molar-refractivity contribution in [2.75, 3.05) is 31.1 Å². The van der Waals surface area contributed by atoms with Gasteiger partial charge in [0, 0.05) is 25.8 Å². The van der Waals surface area contributed by atoms with Gasteiger partial charge in [-0.3, -0.25) is 4.79 Å². The summed E-state index contributed by atoms with van der Waals surface area (Å²) in [6.07, 6.45) is 4.13. The van der Waals surface area contributed by atoms with Crippen molar-refractivity contribution < 1.29 is 9.53 Å². The highest BCUT2D eigenvalue weighted by molar-refractivity contribution is 5.79. The third kappa shape index (κ3) is 2.42. The molecule has 0 bridgehead atoms. The Morgan fingerprint density at radius 1 is 1.36 bits per heavy atom. The normalized spacial score (nSPS) is 27.7. The number of fused-ring (bicyclic) bond motifs is 1. The lowest BCUT2D eigenvalue weighted by Crippen LogP contribution is -2.54. The van der Waals surface area contributed by atoms with Gasteiger partial charge in [0.05, 0.1) is 17.7 Å². The Bertz CT molecular complexity index is 620. The Labute approximate surface area is 129 Å². The third-order valence-electron chi connectivity index (χ3n) is 4.73. The van der Waals surface area contributed by atoms with Gasteiger partial charge in [0.2, 0.25) is 5.91 Å². The first kappa shape index (κ1) is 13.5. The maximum Gasteiger partial charge on any atom is 0.248 e. The summed E-state index contributed by atoms with van der Waals surface area (Å²) in [5, 5.41) is 8.85. The molecule has 1 aliphatic carbocycles. The second-order valence-electron chi connectivity index (χ2n) is 6.33. The number of carbonyl (C=O) groups is 1. The molecule has 0 N–H and O–H groups in total. The van der Waals surface area contributed by atoms with Crippen molar-refractivity contribution in [2.45, 2.75) is 25.0 Å². The van der Waals surface area contributed by atoms with Gasteiger partial charge in [-0.1, -0.05) is 0 Å². The lowest BCUT2D eigenvalue weighted by atomic mass is 10.1. The van der Waals surface area contributed by atoms with Crippen LogP contribution < -0.4 is 4.90 Å². The summed E-state index contributed by atoms with van der Waals surface area (Å²) >= 11 is 0. The van der Waals surface area contributed by atoms with E-state index < -0.39 is 0 Å². The van der Waals surface area contributed by atoms with Crippen LogP contribution in [0.25, 0.3) is 0 Å². The van der Waals surface area contributed by atoms with Crippen molar-refractivity contribution >= 4 is 11.7 Å².